The summed E-state index contributed by atoms with van der Waals surface area (Å²) in [7, 11) is 0. The lowest BCUT2D eigenvalue weighted by Gasteiger charge is -2.18. The average molecular weight is 195 g/mol. The Hall–Kier alpha value is -0.830. The molecule has 80 valence electrons. The van der Waals surface area contributed by atoms with Crippen molar-refractivity contribution in [3.8, 4) is 0 Å². The van der Waals surface area contributed by atoms with E-state index in [1.54, 1.807) is 0 Å². The standard InChI is InChI=1S/C11H21N3/c1-8-10(9(2)14-13-8)6-12-7-11(3,4)5/h12H,6-7H2,1-5H3,(H,13,14). The minimum atomic E-state index is 0.339. The molecule has 0 aromatic carbocycles. The Kier molecular flexibility index (Phi) is 3.32. The third kappa shape index (κ3) is 3.14. The predicted molar refractivity (Wildman–Crippen MR) is 59.2 cm³/mol. The van der Waals surface area contributed by atoms with E-state index in [4.69, 9.17) is 0 Å². The molecule has 0 spiro atoms. The summed E-state index contributed by atoms with van der Waals surface area (Å²) in [6, 6.07) is 0. The highest BCUT2D eigenvalue weighted by molar-refractivity contribution is 5.22. The van der Waals surface area contributed by atoms with Crippen LogP contribution in [0.4, 0.5) is 0 Å². The molecule has 3 heteroatoms. The fraction of sp³-hybridized carbons (Fsp3) is 0.727. The molecule has 0 fully saturated rings. The maximum atomic E-state index is 4.17. The predicted octanol–water partition coefficient (Wildman–Crippen LogP) is 2.16. The van der Waals surface area contributed by atoms with E-state index in [0.29, 0.717) is 5.41 Å². The van der Waals surface area contributed by atoms with Crippen molar-refractivity contribution in [2.75, 3.05) is 6.54 Å². The second kappa shape index (κ2) is 4.13. The minimum Gasteiger partial charge on any atom is -0.312 e. The van der Waals surface area contributed by atoms with Crippen molar-refractivity contribution in [2.45, 2.75) is 41.2 Å². The van der Waals surface area contributed by atoms with Gasteiger partial charge in [0.1, 0.15) is 0 Å². The van der Waals surface area contributed by atoms with Gasteiger partial charge in [0.2, 0.25) is 0 Å². The fourth-order valence-electron chi connectivity index (χ4n) is 1.40. The van der Waals surface area contributed by atoms with Crippen molar-refractivity contribution in [2.24, 2.45) is 5.41 Å². The maximum Gasteiger partial charge on any atom is 0.0638 e. The second-order valence-corrected chi connectivity index (χ2v) is 5.08. The van der Waals surface area contributed by atoms with E-state index in [1.807, 2.05) is 6.92 Å². The number of H-pyrrole nitrogens is 1. The number of nitrogens with zero attached hydrogens (tertiary/aromatic N) is 1. The number of hydrogen-bond donors (Lipinski definition) is 2. The quantitative estimate of drug-likeness (QED) is 0.776. The van der Waals surface area contributed by atoms with E-state index in [-0.39, 0.29) is 0 Å². The third-order valence-corrected chi connectivity index (χ3v) is 2.24. The molecule has 0 saturated heterocycles. The molecule has 1 aromatic heterocycles. The molecule has 1 heterocycles. The molecular weight excluding hydrogens is 174 g/mol. The van der Waals surface area contributed by atoms with Gasteiger partial charge in [-0.1, -0.05) is 20.8 Å². The van der Waals surface area contributed by atoms with Gasteiger partial charge in [0.15, 0.2) is 0 Å². The van der Waals surface area contributed by atoms with Crippen LogP contribution in [0.15, 0.2) is 0 Å². The average Bonchev–Trinajstić information content (AvgIpc) is 2.33. The summed E-state index contributed by atoms with van der Waals surface area (Å²) in [6.45, 7) is 12.7. The Morgan fingerprint density at radius 3 is 2.36 bits per heavy atom. The first-order valence-electron chi connectivity index (χ1n) is 5.11. The van der Waals surface area contributed by atoms with Gasteiger partial charge in [-0.15, -0.1) is 0 Å². The van der Waals surface area contributed by atoms with Crippen LogP contribution < -0.4 is 5.32 Å². The van der Waals surface area contributed by atoms with Crippen LogP contribution in [0.1, 0.15) is 37.7 Å². The van der Waals surface area contributed by atoms with Gasteiger partial charge in [0.25, 0.3) is 0 Å². The Balaban J connectivity index is 2.46. The van der Waals surface area contributed by atoms with Crippen LogP contribution >= 0.6 is 0 Å². The van der Waals surface area contributed by atoms with Crippen LogP contribution in [0.2, 0.25) is 0 Å². The zero-order valence-electron chi connectivity index (χ0n) is 9.86. The molecule has 1 aromatic rings. The van der Waals surface area contributed by atoms with Gasteiger partial charge in [-0.2, -0.15) is 5.10 Å². The van der Waals surface area contributed by atoms with Crippen LogP contribution in [0.3, 0.4) is 0 Å². The topological polar surface area (TPSA) is 40.7 Å². The fourth-order valence-corrected chi connectivity index (χ4v) is 1.40. The molecule has 0 atom stereocenters. The Labute approximate surface area is 86.3 Å². The highest BCUT2D eigenvalue weighted by atomic mass is 15.1. The zero-order valence-corrected chi connectivity index (χ0v) is 9.86. The lowest BCUT2D eigenvalue weighted by Crippen LogP contribution is -2.26. The summed E-state index contributed by atoms with van der Waals surface area (Å²) in [6.07, 6.45) is 0. The lowest BCUT2D eigenvalue weighted by atomic mass is 9.97. The highest BCUT2D eigenvalue weighted by Crippen LogP contribution is 2.12. The number of aromatic amines is 1. The number of aryl methyl sites for hydroxylation is 2. The van der Waals surface area contributed by atoms with Crippen molar-refractivity contribution < 1.29 is 0 Å². The van der Waals surface area contributed by atoms with Crippen LogP contribution in [-0.2, 0) is 6.54 Å². The largest absolute Gasteiger partial charge is 0.312 e. The Morgan fingerprint density at radius 1 is 1.29 bits per heavy atom. The first-order chi connectivity index (χ1) is 6.40. The van der Waals surface area contributed by atoms with E-state index >= 15 is 0 Å². The summed E-state index contributed by atoms with van der Waals surface area (Å²) >= 11 is 0. The van der Waals surface area contributed by atoms with Gasteiger partial charge < -0.3 is 5.32 Å². The molecule has 3 nitrogen and oxygen atoms in total. The number of rotatable bonds is 3. The van der Waals surface area contributed by atoms with E-state index in [9.17, 15) is 0 Å². The molecule has 2 N–H and O–H groups in total. The summed E-state index contributed by atoms with van der Waals surface area (Å²) in [5.41, 5.74) is 3.91. The molecular formula is C11H21N3. The molecule has 0 saturated carbocycles. The van der Waals surface area contributed by atoms with Crippen LogP contribution in [0.5, 0.6) is 0 Å². The van der Waals surface area contributed by atoms with Gasteiger partial charge in [-0.25, -0.2) is 0 Å². The summed E-state index contributed by atoms with van der Waals surface area (Å²) in [5.74, 6) is 0. The molecule has 0 radical (unpaired) electrons. The van der Waals surface area contributed by atoms with Crippen molar-refractivity contribution in [3.63, 3.8) is 0 Å². The van der Waals surface area contributed by atoms with Crippen LogP contribution in [0, 0.1) is 19.3 Å². The molecule has 0 amide bonds. The van der Waals surface area contributed by atoms with Gasteiger partial charge in [0, 0.05) is 24.3 Å². The molecule has 0 bridgehead atoms. The minimum absolute atomic E-state index is 0.339. The highest BCUT2D eigenvalue weighted by Gasteiger charge is 2.10. The molecule has 0 unspecified atom stereocenters. The van der Waals surface area contributed by atoms with Crippen molar-refractivity contribution in [3.05, 3.63) is 17.0 Å². The first kappa shape index (κ1) is 11.2. The van der Waals surface area contributed by atoms with E-state index in [2.05, 4.69) is 43.2 Å². The molecule has 1 rings (SSSR count). The smallest absolute Gasteiger partial charge is 0.0638 e. The van der Waals surface area contributed by atoms with Gasteiger partial charge in [0.05, 0.1) is 5.69 Å². The normalized spacial score (nSPS) is 12.1. The second-order valence-electron chi connectivity index (χ2n) is 5.08. The lowest BCUT2D eigenvalue weighted by molar-refractivity contribution is 0.379. The Morgan fingerprint density at radius 2 is 1.93 bits per heavy atom. The molecule has 0 aliphatic rings. The number of hydrogen-bond acceptors (Lipinski definition) is 2. The monoisotopic (exact) mass is 195 g/mol. The van der Waals surface area contributed by atoms with Gasteiger partial charge in [-0.3, -0.25) is 5.10 Å². The van der Waals surface area contributed by atoms with E-state index < -0.39 is 0 Å². The maximum absolute atomic E-state index is 4.17. The van der Waals surface area contributed by atoms with E-state index in [1.165, 1.54) is 11.3 Å². The molecule has 14 heavy (non-hydrogen) atoms. The van der Waals surface area contributed by atoms with Gasteiger partial charge in [-0.05, 0) is 19.3 Å². The van der Waals surface area contributed by atoms with Crippen molar-refractivity contribution >= 4 is 0 Å². The SMILES string of the molecule is Cc1n[nH]c(C)c1CNCC(C)(C)C. The Bertz CT molecular complexity index is 274. The first-order valence-corrected chi connectivity index (χ1v) is 5.11. The molecule has 0 aliphatic heterocycles. The number of nitrogens with one attached hydrogen (secondary N) is 2. The zero-order chi connectivity index (χ0) is 10.8. The summed E-state index contributed by atoms with van der Waals surface area (Å²) < 4.78 is 0. The van der Waals surface area contributed by atoms with Crippen LogP contribution in [0.25, 0.3) is 0 Å². The van der Waals surface area contributed by atoms with E-state index in [0.717, 1.165) is 18.8 Å². The number of aromatic nitrogens is 2. The molecule has 0 aliphatic carbocycles. The summed E-state index contributed by atoms with van der Waals surface area (Å²) in [4.78, 5) is 0. The van der Waals surface area contributed by atoms with Crippen molar-refractivity contribution in [1.29, 1.82) is 0 Å². The summed E-state index contributed by atoms with van der Waals surface area (Å²) in [5, 5.41) is 10.6. The van der Waals surface area contributed by atoms with Gasteiger partial charge >= 0.3 is 0 Å². The van der Waals surface area contributed by atoms with Crippen LogP contribution in [-0.4, -0.2) is 16.7 Å². The third-order valence-electron chi connectivity index (χ3n) is 2.24. The van der Waals surface area contributed by atoms with Crippen molar-refractivity contribution in [1.82, 2.24) is 15.5 Å².